The summed E-state index contributed by atoms with van der Waals surface area (Å²) < 4.78 is 19.1. The van der Waals surface area contributed by atoms with E-state index in [1.165, 1.54) is 24.6 Å². The Morgan fingerprint density at radius 2 is 1.63 bits per heavy atom. The molecule has 0 aliphatic carbocycles. The number of aliphatic hydroxyl groups excluding tert-OH is 3. The summed E-state index contributed by atoms with van der Waals surface area (Å²) in [6.07, 6.45) is -1.69. The largest absolute Gasteiger partial charge is 0.481 e. The molecule has 0 saturated carbocycles. The second kappa shape index (κ2) is 25.3. The number of carbonyl (C=O) groups is 5. The number of nitrogens with two attached hydrogens (primary N) is 1. The quantitative estimate of drug-likeness (QED) is 0.0482. The number of aliphatic hydroxyl groups is 3. The highest BCUT2D eigenvalue weighted by atomic mass is 16.7. The van der Waals surface area contributed by atoms with Gasteiger partial charge < -0.3 is 71.1 Å². The first-order valence-electron chi connectivity index (χ1n) is 23.7. The number of amides is 4. The Kier molecular flexibility index (Phi) is 19.1. The maximum absolute atomic E-state index is 13.3. The van der Waals surface area contributed by atoms with E-state index in [1.807, 2.05) is 12.3 Å². The zero-order valence-corrected chi connectivity index (χ0v) is 39.9. The number of fused-ring (bicyclic) bond motifs is 1. The smallest absolute Gasteiger partial charge is 0.410 e. The highest BCUT2D eigenvalue weighted by molar-refractivity contribution is 5.93. The summed E-state index contributed by atoms with van der Waals surface area (Å²) in [4.78, 5) is 74.5. The molecule has 5 atom stereocenters. The zero-order valence-electron chi connectivity index (χ0n) is 39.9. The second-order valence-corrected chi connectivity index (χ2v) is 17.7. The summed E-state index contributed by atoms with van der Waals surface area (Å²) in [5, 5.41) is 50.7. The highest BCUT2D eigenvalue weighted by Crippen LogP contribution is 2.31. The number of carbonyl (C=O) groups excluding carboxylic acids is 4. The van der Waals surface area contributed by atoms with Gasteiger partial charge in [0.25, 0.3) is 0 Å². The molecule has 0 spiro atoms. The van der Waals surface area contributed by atoms with E-state index >= 15 is 0 Å². The third-order valence-electron chi connectivity index (χ3n) is 12.1. The summed E-state index contributed by atoms with van der Waals surface area (Å²) in [6, 6.07) is 13.0. The Hall–Kier alpha value is -6.59. The molecule has 4 aromatic rings. The van der Waals surface area contributed by atoms with Gasteiger partial charge in [-0.3, -0.25) is 24.1 Å². The molecular formula is C48H66N10O12. The van der Waals surface area contributed by atoms with E-state index in [9.17, 15) is 39.3 Å². The summed E-state index contributed by atoms with van der Waals surface area (Å²) >= 11 is 0. The third-order valence-corrected chi connectivity index (χ3v) is 12.1. The van der Waals surface area contributed by atoms with Gasteiger partial charge in [-0.15, -0.1) is 0 Å². The number of nitrogen functional groups attached to an aromatic ring is 1. The molecule has 2 aromatic heterocycles. The first-order chi connectivity index (χ1) is 33.6. The van der Waals surface area contributed by atoms with Crippen LogP contribution in [0.15, 0.2) is 48.7 Å². The molecule has 2 aliphatic rings. The molecule has 22 nitrogen and oxygen atoms in total. The topological polar surface area (TPSA) is 305 Å². The van der Waals surface area contributed by atoms with Gasteiger partial charge in [-0.1, -0.05) is 51.0 Å². The number of piperazine rings is 1. The van der Waals surface area contributed by atoms with E-state index in [2.05, 4.69) is 72.7 Å². The Bertz CT molecular complexity index is 2440. The maximum atomic E-state index is 13.3. The molecule has 22 heteroatoms. The average Bonchev–Trinajstić information content (AvgIpc) is 3.73. The molecule has 0 radical (unpaired) electrons. The Morgan fingerprint density at radius 3 is 2.37 bits per heavy atom. The van der Waals surface area contributed by atoms with Crippen LogP contribution in [0.1, 0.15) is 74.6 Å². The number of carboxylic acid groups (broad SMARTS) is 1. The number of aryl methyl sites for hydroxylation is 1. The van der Waals surface area contributed by atoms with Crippen LogP contribution in [-0.4, -0.2) is 152 Å². The average molecular weight is 975 g/mol. The number of benzene rings is 2. The van der Waals surface area contributed by atoms with Gasteiger partial charge in [0.05, 0.1) is 24.2 Å². The van der Waals surface area contributed by atoms with Crippen LogP contribution in [0.3, 0.4) is 0 Å². The molecule has 380 valence electrons. The molecule has 2 aromatic carbocycles. The van der Waals surface area contributed by atoms with E-state index in [0.717, 1.165) is 53.8 Å². The molecule has 1 unspecified atom stereocenters. The van der Waals surface area contributed by atoms with Crippen molar-refractivity contribution in [2.24, 2.45) is 5.92 Å². The SMILES string of the molecule is CCCCCNc1nc(N)nc2ccn(Cc3ccc(CN4CCN(C(=O)OCc5ccc(O[C@@H]6OC[C@@H](O)[C@H](O)[C@H]6O)c(NC(=O)CCNC(=O)CCNC(=O)C(C)CC(=O)O)c5)CC4)cc3C)c12. The predicted molar refractivity (Wildman–Crippen MR) is 257 cm³/mol. The number of anilines is 3. The highest BCUT2D eigenvalue weighted by Gasteiger charge is 2.39. The predicted octanol–water partition coefficient (Wildman–Crippen LogP) is 2.31. The Labute approximate surface area is 405 Å². The van der Waals surface area contributed by atoms with Crippen LogP contribution in [0.4, 0.5) is 22.2 Å². The maximum Gasteiger partial charge on any atom is 0.410 e. The standard InChI is InChI=1S/C48H66N10O12/c1-4-5-6-14-51-44-41-34(54-47(49)55-44)13-17-58(41)26-33-9-7-31(22-29(33)2)25-56-18-20-57(21-19-56)48(67)69-27-32-8-10-37(70-46-43(65)42(64)36(59)28-68-46)35(24-32)53-39(61)12-15-50-38(60)11-16-52-45(66)30(3)23-40(62)63/h7-10,13,17,22,24,30,36,42-43,46,59,64-65H,4-6,11-12,14-16,18-21,23,25-28H2,1-3H3,(H,50,60)(H,52,66)(H,53,61)(H,62,63)(H3,49,51,54,55)/t30?,36-,42+,43-,46+/m1/s1. The van der Waals surface area contributed by atoms with E-state index < -0.39 is 60.3 Å². The van der Waals surface area contributed by atoms with Gasteiger partial charge in [0.2, 0.25) is 30.0 Å². The molecule has 6 rings (SSSR count). The second-order valence-electron chi connectivity index (χ2n) is 17.7. The summed E-state index contributed by atoms with van der Waals surface area (Å²) in [7, 11) is 0. The first-order valence-corrected chi connectivity index (χ1v) is 23.7. The van der Waals surface area contributed by atoms with Gasteiger partial charge in [0.1, 0.15) is 36.2 Å². The van der Waals surface area contributed by atoms with Crippen molar-refractivity contribution in [1.29, 1.82) is 0 Å². The monoisotopic (exact) mass is 974 g/mol. The molecule has 4 amide bonds. The zero-order chi connectivity index (χ0) is 50.3. The molecular weight excluding hydrogens is 909 g/mol. The van der Waals surface area contributed by atoms with Gasteiger partial charge in [0, 0.05) is 83.9 Å². The van der Waals surface area contributed by atoms with Crippen molar-refractivity contribution in [2.45, 2.75) is 104 Å². The van der Waals surface area contributed by atoms with Crippen molar-refractivity contribution >= 4 is 58.3 Å². The van der Waals surface area contributed by atoms with E-state index in [4.69, 9.17) is 25.1 Å². The molecule has 10 N–H and O–H groups in total. The fourth-order valence-electron chi connectivity index (χ4n) is 8.08. The van der Waals surface area contributed by atoms with Crippen LogP contribution in [0.2, 0.25) is 0 Å². The normalized spacial score (nSPS) is 18.7. The lowest BCUT2D eigenvalue weighted by Crippen LogP contribution is -2.54. The van der Waals surface area contributed by atoms with Crippen molar-refractivity contribution in [1.82, 2.24) is 35.0 Å². The summed E-state index contributed by atoms with van der Waals surface area (Å²) in [5.41, 5.74) is 11.8. The number of aromatic nitrogens is 3. The molecule has 0 bridgehead atoms. The fourth-order valence-corrected chi connectivity index (χ4v) is 8.08. The number of carboxylic acids is 1. The van der Waals surface area contributed by atoms with Crippen molar-refractivity contribution in [2.75, 3.05) is 68.8 Å². The van der Waals surface area contributed by atoms with Crippen LogP contribution in [0.5, 0.6) is 5.75 Å². The minimum Gasteiger partial charge on any atom is -0.481 e. The number of aliphatic carboxylic acids is 1. The van der Waals surface area contributed by atoms with Crippen LogP contribution >= 0.6 is 0 Å². The number of nitrogens with one attached hydrogen (secondary N) is 4. The van der Waals surface area contributed by atoms with Crippen LogP contribution in [-0.2, 0) is 48.3 Å². The summed E-state index contributed by atoms with van der Waals surface area (Å²) in [6.45, 7) is 9.53. The van der Waals surface area contributed by atoms with Crippen molar-refractivity contribution in [3.05, 3.63) is 70.9 Å². The minimum atomic E-state index is -1.62. The van der Waals surface area contributed by atoms with Crippen LogP contribution in [0, 0.1) is 12.8 Å². The van der Waals surface area contributed by atoms with Gasteiger partial charge in [-0.25, -0.2) is 9.78 Å². The first kappa shape index (κ1) is 52.8. The van der Waals surface area contributed by atoms with Crippen molar-refractivity contribution < 1.29 is 58.6 Å². The Balaban J connectivity index is 0.988. The third kappa shape index (κ3) is 15.0. The number of nitrogens with zero attached hydrogens (tertiary/aromatic N) is 5. The van der Waals surface area contributed by atoms with Crippen LogP contribution < -0.4 is 31.7 Å². The van der Waals surface area contributed by atoms with Gasteiger partial charge >= 0.3 is 12.1 Å². The lowest BCUT2D eigenvalue weighted by Gasteiger charge is -2.35. The Morgan fingerprint density at radius 1 is 0.886 bits per heavy atom. The molecule has 2 saturated heterocycles. The molecule has 2 aliphatic heterocycles. The number of hydrogen-bond donors (Lipinski definition) is 9. The van der Waals surface area contributed by atoms with E-state index in [1.54, 1.807) is 11.0 Å². The van der Waals surface area contributed by atoms with Gasteiger partial charge in [-0.2, -0.15) is 4.98 Å². The lowest BCUT2D eigenvalue weighted by molar-refractivity contribution is -0.241. The van der Waals surface area contributed by atoms with Crippen LogP contribution in [0.25, 0.3) is 11.0 Å². The lowest BCUT2D eigenvalue weighted by atomic mass is 10.0. The van der Waals surface area contributed by atoms with Crippen molar-refractivity contribution in [3.63, 3.8) is 0 Å². The molecule has 4 heterocycles. The van der Waals surface area contributed by atoms with Gasteiger partial charge in [0.15, 0.2) is 5.82 Å². The number of unbranched alkanes of at least 4 members (excludes halogenated alkanes) is 2. The minimum absolute atomic E-state index is 0.0209. The number of hydrogen-bond acceptors (Lipinski definition) is 16. The van der Waals surface area contributed by atoms with E-state index in [0.29, 0.717) is 44.8 Å². The van der Waals surface area contributed by atoms with Crippen molar-refractivity contribution in [3.8, 4) is 5.75 Å². The summed E-state index contributed by atoms with van der Waals surface area (Å²) in [5.74, 6) is -2.33. The van der Waals surface area contributed by atoms with Gasteiger partial charge in [-0.05, 0) is 53.8 Å². The molecule has 2 fully saturated rings. The number of rotatable bonds is 23. The fraction of sp³-hybridized carbons (Fsp3) is 0.521. The molecule has 70 heavy (non-hydrogen) atoms. The number of ether oxygens (including phenoxy) is 3. The van der Waals surface area contributed by atoms with E-state index in [-0.39, 0.29) is 63.0 Å².